The van der Waals surface area contributed by atoms with E-state index in [1.54, 1.807) is 20.8 Å². The molecule has 9 heteroatoms. The fraction of sp³-hybridized carbons (Fsp3) is 0.208. The topological polar surface area (TPSA) is 114 Å². The van der Waals surface area contributed by atoms with Crippen molar-refractivity contribution in [2.45, 2.75) is 51.6 Å². The number of rotatable bonds is 10. The number of hydrogen-bond acceptors (Lipinski definition) is 6. The zero-order valence-electron chi connectivity index (χ0n) is 31.8. The molecule has 0 radical (unpaired) electrons. The van der Waals surface area contributed by atoms with E-state index in [4.69, 9.17) is 14.5 Å². The molecule has 0 saturated heterocycles. The summed E-state index contributed by atoms with van der Waals surface area (Å²) in [7, 11) is 0. The first-order valence-corrected chi connectivity index (χ1v) is 20.0. The molecule has 2 heterocycles. The molecule has 1 aliphatic rings. The number of benzene rings is 6. The Hall–Kier alpha value is -6.06. The predicted octanol–water partition coefficient (Wildman–Crippen LogP) is 11.0. The molecule has 0 fully saturated rings. The number of nitrogens with zero attached hydrogens (tertiary/aromatic N) is 1. The van der Waals surface area contributed by atoms with Gasteiger partial charge in [0, 0.05) is 56.2 Å². The molecule has 0 bridgehead atoms. The van der Waals surface area contributed by atoms with Crippen molar-refractivity contribution in [1.82, 2.24) is 15.0 Å². The van der Waals surface area contributed by atoms with E-state index in [1.807, 2.05) is 72.9 Å². The maximum atomic E-state index is 14.2. The van der Waals surface area contributed by atoms with E-state index < -0.39 is 23.5 Å². The second-order valence-electron chi connectivity index (χ2n) is 15.9. The highest BCUT2D eigenvalue weighted by molar-refractivity contribution is 9.10. The Kier molecular flexibility index (Phi) is 9.28. The Balaban J connectivity index is 0.999. The average Bonchev–Trinajstić information content (AvgIpc) is 3.90. The lowest BCUT2D eigenvalue weighted by Gasteiger charge is -2.22. The molecule has 0 saturated carbocycles. The maximum absolute atomic E-state index is 14.2. The molecule has 6 aromatic carbocycles. The van der Waals surface area contributed by atoms with E-state index in [0.717, 1.165) is 87.2 Å². The Bertz CT molecular complexity index is 2850. The van der Waals surface area contributed by atoms with Crippen LogP contribution in [0.1, 0.15) is 56.2 Å². The minimum Gasteiger partial charge on any atom is -0.465 e. The van der Waals surface area contributed by atoms with Gasteiger partial charge in [0.1, 0.15) is 23.8 Å². The van der Waals surface area contributed by atoms with Crippen LogP contribution in [0.5, 0.6) is 0 Å². The predicted molar refractivity (Wildman–Crippen MR) is 228 cm³/mol. The Labute approximate surface area is 337 Å². The van der Waals surface area contributed by atoms with Gasteiger partial charge in [-0.15, -0.1) is 0 Å². The number of imidazole rings is 1. The van der Waals surface area contributed by atoms with Gasteiger partial charge >= 0.3 is 11.9 Å². The number of fused-ring (bicyclic) bond motifs is 10. The van der Waals surface area contributed by atoms with Crippen LogP contribution in [0.4, 0.5) is 0 Å². The molecule has 8 aromatic rings. The SMILES string of the molecule is CC(C)(C)OC(=O)C[C@@H](CC(=O)OCC1c2ccccc2-c2ccccc21)C(=O)Cc1ccc2c(c1)c1ccccc1c1nc(-c3c[nH]c4ccc(Br)cc34)[nH]c21. The molecule has 8 nitrogen and oxygen atoms in total. The minimum atomic E-state index is -0.920. The second kappa shape index (κ2) is 14.5. The number of hydrogen-bond donors (Lipinski definition) is 2. The lowest BCUT2D eigenvalue weighted by atomic mass is 9.90. The van der Waals surface area contributed by atoms with Gasteiger partial charge in [0.2, 0.25) is 0 Å². The average molecular weight is 819 g/mol. The van der Waals surface area contributed by atoms with Crippen LogP contribution in [0.2, 0.25) is 0 Å². The molecule has 2 aromatic heterocycles. The largest absolute Gasteiger partial charge is 0.465 e. The number of ketones is 1. The van der Waals surface area contributed by atoms with Gasteiger partial charge in [-0.3, -0.25) is 14.4 Å². The number of H-pyrrole nitrogens is 2. The molecule has 0 spiro atoms. The van der Waals surface area contributed by atoms with Gasteiger partial charge in [0.05, 0.1) is 23.9 Å². The van der Waals surface area contributed by atoms with Crippen molar-refractivity contribution in [3.05, 3.63) is 137 Å². The van der Waals surface area contributed by atoms with E-state index >= 15 is 0 Å². The monoisotopic (exact) mass is 817 g/mol. The first-order valence-electron chi connectivity index (χ1n) is 19.2. The van der Waals surface area contributed by atoms with Crippen molar-refractivity contribution in [2.24, 2.45) is 5.92 Å². The normalized spacial score (nSPS) is 13.3. The molecule has 2 N–H and O–H groups in total. The minimum absolute atomic E-state index is 0.0326. The highest BCUT2D eigenvalue weighted by Crippen LogP contribution is 2.45. The molecule has 9 rings (SSSR count). The number of aromatic nitrogens is 3. The number of Topliss-reactive ketones (excluding diaryl/α,β-unsaturated/α-hetero) is 1. The summed E-state index contributed by atoms with van der Waals surface area (Å²) in [5.74, 6) is -1.56. The van der Waals surface area contributed by atoms with Gasteiger partial charge in [-0.1, -0.05) is 107 Å². The summed E-state index contributed by atoms with van der Waals surface area (Å²) < 4.78 is 12.5. The molecular weight excluding hydrogens is 778 g/mol. The first-order chi connectivity index (χ1) is 27.5. The van der Waals surface area contributed by atoms with Crippen molar-refractivity contribution < 1.29 is 23.9 Å². The van der Waals surface area contributed by atoms with Crippen LogP contribution in [-0.4, -0.2) is 44.9 Å². The zero-order chi connectivity index (χ0) is 39.4. The van der Waals surface area contributed by atoms with Crippen molar-refractivity contribution >= 4 is 77.1 Å². The number of nitrogens with one attached hydrogen (secondary N) is 2. The van der Waals surface area contributed by atoms with E-state index in [2.05, 4.69) is 68.4 Å². The Morgan fingerprint density at radius 1 is 0.737 bits per heavy atom. The summed E-state index contributed by atoms with van der Waals surface area (Å²) in [6.07, 6.45) is 1.55. The van der Waals surface area contributed by atoms with Crippen LogP contribution in [-0.2, 0) is 30.3 Å². The molecule has 284 valence electrons. The summed E-state index contributed by atoms with van der Waals surface area (Å²) in [6, 6.07) is 36.6. The smallest absolute Gasteiger partial charge is 0.307 e. The summed E-state index contributed by atoms with van der Waals surface area (Å²) in [5, 5.41) is 5.00. The van der Waals surface area contributed by atoms with Crippen molar-refractivity contribution in [1.29, 1.82) is 0 Å². The zero-order valence-corrected chi connectivity index (χ0v) is 33.4. The van der Waals surface area contributed by atoms with Crippen molar-refractivity contribution in [2.75, 3.05) is 6.61 Å². The van der Waals surface area contributed by atoms with Gasteiger partial charge in [-0.05, 0) is 77.6 Å². The summed E-state index contributed by atoms with van der Waals surface area (Å²) in [6.45, 7) is 5.49. The number of esters is 2. The van der Waals surface area contributed by atoms with Crippen molar-refractivity contribution in [3.63, 3.8) is 0 Å². The van der Waals surface area contributed by atoms with Gasteiger partial charge in [-0.2, -0.15) is 0 Å². The van der Waals surface area contributed by atoms with Crippen LogP contribution in [0.15, 0.2) is 120 Å². The third-order valence-corrected chi connectivity index (χ3v) is 11.4. The van der Waals surface area contributed by atoms with E-state index in [1.165, 1.54) is 0 Å². The Morgan fingerprint density at radius 2 is 1.42 bits per heavy atom. The number of carbonyl (C=O) groups excluding carboxylic acids is 3. The number of halogens is 1. The fourth-order valence-electron chi connectivity index (χ4n) is 8.35. The second-order valence-corrected chi connectivity index (χ2v) is 16.8. The molecular formula is C48H40BrN3O5. The number of aromatic amines is 2. The lowest BCUT2D eigenvalue weighted by Crippen LogP contribution is -2.29. The summed E-state index contributed by atoms with van der Waals surface area (Å²) >= 11 is 3.61. The van der Waals surface area contributed by atoms with Crippen LogP contribution < -0.4 is 0 Å². The quantitative estimate of drug-likeness (QED) is 0.105. The van der Waals surface area contributed by atoms with Crippen LogP contribution in [0.25, 0.3) is 66.0 Å². The molecule has 1 atom stereocenters. The Morgan fingerprint density at radius 3 is 2.16 bits per heavy atom. The highest BCUT2D eigenvalue weighted by atomic mass is 79.9. The van der Waals surface area contributed by atoms with Gasteiger partial charge in [-0.25, -0.2) is 4.98 Å². The van der Waals surface area contributed by atoms with E-state index in [9.17, 15) is 14.4 Å². The number of ether oxygens (including phenoxy) is 2. The molecule has 0 aliphatic heterocycles. The van der Waals surface area contributed by atoms with Crippen molar-refractivity contribution in [3.8, 4) is 22.5 Å². The third kappa shape index (κ3) is 7.01. The van der Waals surface area contributed by atoms with Gasteiger partial charge in [0.15, 0.2) is 0 Å². The lowest BCUT2D eigenvalue weighted by molar-refractivity contribution is -0.158. The third-order valence-electron chi connectivity index (χ3n) is 10.9. The summed E-state index contributed by atoms with van der Waals surface area (Å²) in [5.41, 5.74) is 8.25. The first kappa shape index (κ1) is 36.6. The fourth-order valence-corrected chi connectivity index (χ4v) is 8.71. The standard InChI is InChI=1S/C48H40BrN3O5/c1-48(2,3)57-44(55)23-28(22-43(54)56-26-40-32-12-6-4-10-30(32)31-11-5-7-13-33(31)40)42(53)21-27-16-18-36-37(20-27)34-14-8-9-15-35(34)45-46(36)52-47(51-45)39-25-50-41-19-17-29(49)24-38(39)41/h4-20,24-25,28,40,50H,21-23,26H2,1-3H3,(H,51,52)/t28-/m1/s1. The van der Waals surface area contributed by atoms with Crippen LogP contribution in [0, 0.1) is 5.92 Å². The summed E-state index contributed by atoms with van der Waals surface area (Å²) in [4.78, 5) is 52.9. The number of carbonyl (C=O) groups is 3. The molecule has 0 unspecified atom stereocenters. The molecule has 57 heavy (non-hydrogen) atoms. The van der Waals surface area contributed by atoms with Crippen LogP contribution in [0.3, 0.4) is 0 Å². The van der Waals surface area contributed by atoms with Gasteiger partial charge < -0.3 is 19.4 Å². The van der Waals surface area contributed by atoms with Crippen LogP contribution >= 0.6 is 15.9 Å². The van der Waals surface area contributed by atoms with E-state index in [-0.39, 0.29) is 37.6 Å². The maximum Gasteiger partial charge on any atom is 0.307 e. The molecule has 1 aliphatic carbocycles. The highest BCUT2D eigenvalue weighted by Gasteiger charge is 2.32. The van der Waals surface area contributed by atoms with E-state index in [0.29, 0.717) is 0 Å². The molecule has 0 amide bonds. The van der Waals surface area contributed by atoms with Gasteiger partial charge in [0.25, 0.3) is 0 Å².